The number of aliphatic hydroxyl groups excluding tert-OH is 1. The second kappa shape index (κ2) is 6.73. The Morgan fingerprint density at radius 1 is 1.36 bits per heavy atom. The number of hydrogen-bond acceptors (Lipinski definition) is 6. The van der Waals surface area contributed by atoms with Crippen LogP contribution in [0.4, 0.5) is 10.2 Å². The number of carboxylic acid groups (broad SMARTS) is 1. The van der Waals surface area contributed by atoms with Crippen LogP contribution in [-0.2, 0) is 0 Å². The summed E-state index contributed by atoms with van der Waals surface area (Å²) in [5.41, 5.74) is 0.349. The third-order valence-corrected chi connectivity index (χ3v) is 3.70. The second-order valence-corrected chi connectivity index (χ2v) is 5.36. The Hall–Kier alpha value is -3.20. The van der Waals surface area contributed by atoms with E-state index >= 15 is 0 Å². The Labute approximate surface area is 141 Å². The van der Waals surface area contributed by atoms with E-state index in [0.29, 0.717) is 5.82 Å². The van der Waals surface area contributed by atoms with Gasteiger partial charge in [0.05, 0.1) is 12.2 Å². The van der Waals surface area contributed by atoms with Gasteiger partial charge < -0.3 is 20.6 Å². The molecule has 1 aromatic carbocycles. The highest BCUT2D eigenvalue weighted by molar-refractivity contribution is 5.94. The number of halogens is 1. The van der Waals surface area contributed by atoms with Crippen LogP contribution < -0.4 is 5.32 Å². The quantitative estimate of drug-likeness (QED) is 0.537. The van der Waals surface area contributed by atoms with E-state index in [1.165, 1.54) is 29.0 Å². The fourth-order valence-electron chi connectivity index (χ4n) is 2.52. The smallest absolute Gasteiger partial charge is 0.341 e. The van der Waals surface area contributed by atoms with Gasteiger partial charge in [0.2, 0.25) is 0 Å². The first-order valence-electron chi connectivity index (χ1n) is 7.43. The lowest BCUT2D eigenvalue weighted by Crippen LogP contribution is -2.14. The number of carbonyl (C=O) groups is 1. The number of aromatic carboxylic acids is 1. The van der Waals surface area contributed by atoms with Gasteiger partial charge in [-0.2, -0.15) is 5.10 Å². The van der Waals surface area contributed by atoms with Crippen molar-refractivity contribution in [3.05, 3.63) is 53.6 Å². The van der Waals surface area contributed by atoms with Gasteiger partial charge in [0.25, 0.3) is 0 Å². The summed E-state index contributed by atoms with van der Waals surface area (Å²) in [6.07, 6.45) is 2.91. The van der Waals surface area contributed by atoms with Crippen LogP contribution in [0.2, 0.25) is 0 Å². The third kappa shape index (κ3) is 3.36. The molecule has 2 aromatic heterocycles. The first-order chi connectivity index (χ1) is 12.0. The Balaban J connectivity index is 1.97. The number of fused-ring (bicyclic) bond motifs is 1. The number of aromatic nitrogens is 3. The van der Waals surface area contributed by atoms with E-state index in [-0.39, 0.29) is 35.6 Å². The summed E-state index contributed by atoms with van der Waals surface area (Å²) in [5, 5.41) is 35.3. The van der Waals surface area contributed by atoms with Crippen LogP contribution in [0.1, 0.15) is 28.4 Å². The maximum atomic E-state index is 13.5. The molecule has 0 aliphatic heterocycles. The van der Waals surface area contributed by atoms with Crippen molar-refractivity contribution < 1.29 is 24.5 Å². The summed E-state index contributed by atoms with van der Waals surface area (Å²) in [6.45, 7) is -0.205. The molecular formula is C16H15FN4O4. The molecule has 25 heavy (non-hydrogen) atoms. The zero-order valence-electron chi connectivity index (χ0n) is 12.9. The minimum absolute atomic E-state index is 0.0593. The number of carboxylic acids is 1. The molecule has 3 aromatic rings. The van der Waals surface area contributed by atoms with E-state index < -0.39 is 17.8 Å². The molecule has 0 saturated carbocycles. The Bertz CT molecular complexity index is 928. The molecule has 0 spiro atoms. The summed E-state index contributed by atoms with van der Waals surface area (Å²) in [5.74, 6) is -1.50. The van der Waals surface area contributed by atoms with Gasteiger partial charge >= 0.3 is 5.97 Å². The van der Waals surface area contributed by atoms with Gasteiger partial charge in [-0.15, -0.1) is 0 Å². The summed E-state index contributed by atoms with van der Waals surface area (Å²) in [7, 11) is 0. The van der Waals surface area contributed by atoms with Gasteiger partial charge in [-0.3, -0.25) is 0 Å². The number of hydrogen-bond donors (Lipinski definition) is 4. The normalized spacial score (nSPS) is 12.2. The van der Waals surface area contributed by atoms with Gasteiger partial charge in [0.15, 0.2) is 5.65 Å². The monoisotopic (exact) mass is 346 g/mol. The van der Waals surface area contributed by atoms with Crippen LogP contribution in [0.3, 0.4) is 0 Å². The molecule has 8 nitrogen and oxygen atoms in total. The van der Waals surface area contributed by atoms with Crippen molar-refractivity contribution in [2.24, 2.45) is 0 Å². The SMILES string of the molecule is O=C(O)c1cnn2ccc(NC(CCO)c3cc(F)ccc3O)nc12. The van der Waals surface area contributed by atoms with Crippen molar-refractivity contribution in [2.45, 2.75) is 12.5 Å². The van der Waals surface area contributed by atoms with Crippen molar-refractivity contribution >= 4 is 17.4 Å². The largest absolute Gasteiger partial charge is 0.508 e. The molecule has 0 aliphatic rings. The molecule has 0 fully saturated rings. The predicted octanol–water partition coefficient (Wildman–Crippen LogP) is 1.81. The first kappa shape index (κ1) is 16.7. The van der Waals surface area contributed by atoms with Crippen LogP contribution in [0.15, 0.2) is 36.7 Å². The number of aromatic hydroxyl groups is 1. The number of anilines is 1. The molecule has 9 heteroatoms. The highest BCUT2D eigenvalue weighted by Gasteiger charge is 2.18. The molecule has 0 radical (unpaired) electrons. The zero-order valence-corrected chi connectivity index (χ0v) is 12.9. The average molecular weight is 346 g/mol. The lowest BCUT2D eigenvalue weighted by atomic mass is 10.0. The summed E-state index contributed by atoms with van der Waals surface area (Å²) in [6, 6.07) is 4.47. The van der Waals surface area contributed by atoms with Gasteiger partial charge in [-0.1, -0.05) is 0 Å². The Morgan fingerprint density at radius 2 is 2.16 bits per heavy atom. The molecule has 0 saturated heterocycles. The first-order valence-corrected chi connectivity index (χ1v) is 7.43. The minimum atomic E-state index is -1.16. The van der Waals surface area contributed by atoms with Crippen LogP contribution in [0.5, 0.6) is 5.75 Å². The molecule has 130 valence electrons. The number of aliphatic hydroxyl groups is 1. The van der Waals surface area contributed by atoms with E-state index in [1.807, 2.05) is 0 Å². The van der Waals surface area contributed by atoms with Gasteiger partial charge in [0.1, 0.15) is 22.9 Å². The number of phenolic OH excluding ortho intramolecular Hbond substituents is 1. The average Bonchev–Trinajstić information content (AvgIpc) is 3.00. The van der Waals surface area contributed by atoms with E-state index in [9.17, 15) is 19.4 Å². The van der Waals surface area contributed by atoms with E-state index in [4.69, 9.17) is 5.11 Å². The molecular weight excluding hydrogens is 331 g/mol. The van der Waals surface area contributed by atoms with Crippen LogP contribution in [0.25, 0.3) is 5.65 Å². The standard InChI is InChI=1S/C16H15FN4O4/c17-9-1-2-13(23)10(7-9)12(4-6-22)19-14-3-5-21-15(20-14)11(8-18-21)16(24)25/h1-3,5,7-8,12,22-23H,4,6H2,(H,19,20)(H,24,25). The molecule has 3 rings (SSSR count). The minimum Gasteiger partial charge on any atom is -0.508 e. The lowest BCUT2D eigenvalue weighted by Gasteiger charge is -2.20. The zero-order chi connectivity index (χ0) is 18.0. The number of rotatable bonds is 6. The lowest BCUT2D eigenvalue weighted by molar-refractivity contribution is 0.0698. The molecule has 0 bridgehead atoms. The number of nitrogens with zero attached hydrogens (tertiary/aromatic N) is 3. The number of phenols is 1. The van der Waals surface area contributed by atoms with E-state index in [1.54, 1.807) is 6.07 Å². The van der Waals surface area contributed by atoms with Crippen molar-refractivity contribution in [3.63, 3.8) is 0 Å². The van der Waals surface area contributed by atoms with Gasteiger partial charge in [0, 0.05) is 18.4 Å². The van der Waals surface area contributed by atoms with Crippen LogP contribution in [-0.4, -0.2) is 42.5 Å². The fourth-order valence-corrected chi connectivity index (χ4v) is 2.52. The summed E-state index contributed by atoms with van der Waals surface area (Å²) >= 11 is 0. The summed E-state index contributed by atoms with van der Waals surface area (Å²) in [4.78, 5) is 15.4. The van der Waals surface area contributed by atoms with E-state index in [0.717, 1.165) is 6.07 Å². The van der Waals surface area contributed by atoms with Crippen molar-refractivity contribution in [3.8, 4) is 5.75 Å². The molecule has 0 amide bonds. The maximum Gasteiger partial charge on any atom is 0.341 e. The predicted molar refractivity (Wildman–Crippen MR) is 86.1 cm³/mol. The van der Waals surface area contributed by atoms with Crippen LogP contribution in [0, 0.1) is 5.82 Å². The highest BCUT2D eigenvalue weighted by Crippen LogP contribution is 2.30. The Morgan fingerprint density at radius 3 is 2.88 bits per heavy atom. The topological polar surface area (TPSA) is 120 Å². The van der Waals surface area contributed by atoms with Gasteiger partial charge in [-0.25, -0.2) is 18.7 Å². The van der Waals surface area contributed by atoms with Crippen molar-refractivity contribution in [2.75, 3.05) is 11.9 Å². The second-order valence-electron chi connectivity index (χ2n) is 5.36. The van der Waals surface area contributed by atoms with Crippen molar-refractivity contribution in [1.82, 2.24) is 14.6 Å². The molecule has 2 heterocycles. The highest BCUT2D eigenvalue weighted by atomic mass is 19.1. The maximum absolute atomic E-state index is 13.5. The molecule has 4 N–H and O–H groups in total. The fraction of sp³-hybridized carbons (Fsp3) is 0.188. The Kier molecular flexibility index (Phi) is 4.48. The van der Waals surface area contributed by atoms with E-state index in [2.05, 4.69) is 15.4 Å². The summed E-state index contributed by atoms with van der Waals surface area (Å²) < 4.78 is 14.8. The molecule has 1 unspecified atom stereocenters. The number of benzene rings is 1. The van der Waals surface area contributed by atoms with Crippen LogP contribution >= 0.6 is 0 Å². The third-order valence-electron chi connectivity index (χ3n) is 3.70. The van der Waals surface area contributed by atoms with Gasteiger partial charge in [-0.05, 0) is 30.7 Å². The molecule has 0 aliphatic carbocycles. The number of nitrogens with one attached hydrogen (secondary N) is 1. The van der Waals surface area contributed by atoms with Crippen molar-refractivity contribution in [1.29, 1.82) is 0 Å². The molecule has 1 atom stereocenters.